The molecule has 0 aromatic rings. The van der Waals surface area contributed by atoms with Gasteiger partial charge in [-0.3, -0.25) is 0 Å². The fourth-order valence-electron chi connectivity index (χ4n) is 2.76. The monoisotopic (exact) mass is 241 g/mol. The van der Waals surface area contributed by atoms with Crippen LogP contribution in [0.3, 0.4) is 0 Å². The number of rotatable bonds is 7. The standard InChI is InChI=1S/C15H31NO/c1-12(2)15(11-17-4)16-10-9-14-7-5-13(3)6-8-14/h12-16H,5-11H2,1-4H3. The van der Waals surface area contributed by atoms with E-state index in [0.717, 1.165) is 25.0 Å². The van der Waals surface area contributed by atoms with Crippen molar-refractivity contribution < 1.29 is 4.74 Å². The molecular formula is C15H31NO. The molecule has 102 valence electrons. The predicted octanol–water partition coefficient (Wildman–Crippen LogP) is 3.46. The quantitative estimate of drug-likeness (QED) is 0.737. The van der Waals surface area contributed by atoms with Crippen LogP contribution in [0.4, 0.5) is 0 Å². The van der Waals surface area contributed by atoms with E-state index in [2.05, 4.69) is 26.1 Å². The Balaban J connectivity index is 2.13. The minimum Gasteiger partial charge on any atom is -0.383 e. The fourth-order valence-corrected chi connectivity index (χ4v) is 2.76. The zero-order chi connectivity index (χ0) is 12.7. The van der Waals surface area contributed by atoms with Crippen LogP contribution in [0, 0.1) is 17.8 Å². The van der Waals surface area contributed by atoms with Crippen LogP contribution in [0.5, 0.6) is 0 Å². The van der Waals surface area contributed by atoms with Gasteiger partial charge >= 0.3 is 0 Å². The summed E-state index contributed by atoms with van der Waals surface area (Å²) in [4.78, 5) is 0. The van der Waals surface area contributed by atoms with Gasteiger partial charge in [0.2, 0.25) is 0 Å². The van der Waals surface area contributed by atoms with E-state index in [1.165, 1.54) is 32.1 Å². The van der Waals surface area contributed by atoms with Crippen LogP contribution in [-0.2, 0) is 4.74 Å². The van der Waals surface area contributed by atoms with Crippen molar-refractivity contribution in [1.82, 2.24) is 5.32 Å². The molecule has 1 aliphatic carbocycles. The first-order valence-electron chi connectivity index (χ1n) is 7.35. The molecule has 0 aromatic heterocycles. The molecule has 0 amide bonds. The van der Waals surface area contributed by atoms with Crippen molar-refractivity contribution in [2.45, 2.75) is 58.9 Å². The highest BCUT2D eigenvalue weighted by Gasteiger charge is 2.18. The normalized spacial score (nSPS) is 27.4. The van der Waals surface area contributed by atoms with Gasteiger partial charge in [-0.2, -0.15) is 0 Å². The van der Waals surface area contributed by atoms with Crippen LogP contribution in [-0.4, -0.2) is 26.3 Å². The highest BCUT2D eigenvalue weighted by molar-refractivity contribution is 4.74. The van der Waals surface area contributed by atoms with Gasteiger partial charge in [0.25, 0.3) is 0 Å². The molecule has 0 saturated heterocycles. The first kappa shape index (κ1) is 15.0. The Labute approximate surface area is 108 Å². The van der Waals surface area contributed by atoms with Crippen molar-refractivity contribution >= 4 is 0 Å². The third-order valence-electron chi connectivity index (χ3n) is 4.25. The second-order valence-electron chi connectivity index (χ2n) is 6.17. The molecule has 0 aromatic carbocycles. The van der Waals surface area contributed by atoms with Crippen molar-refractivity contribution in [2.75, 3.05) is 20.3 Å². The van der Waals surface area contributed by atoms with E-state index >= 15 is 0 Å². The van der Waals surface area contributed by atoms with Gasteiger partial charge in [-0.05, 0) is 30.7 Å². The molecule has 1 atom stereocenters. The van der Waals surface area contributed by atoms with E-state index in [0.29, 0.717) is 12.0 Å². The lowest BCUT2D eigenvalue weighted by molar-refractivity contribution is 0.145. The SMILES string of the molecule is COCC(NCCC1CCC(C)CC1)C(C)C. The van der Waals surface area contributed by atoms with Crippen molar-refractivity contribution in [3.8, 4) is 0 Å². The van der Waals surface area contributed by atoms with Crippen molar-refractivity contribution in [3.05, 3.63) is 0 Å². The summed E-state index contributed by atoms with van der Waals surface area (Å²) in [5.74, 6) is 2.59. The van der Waals surface area contributed by atoms with E-state index in [-0.39, 0.29) is 0 Å². The predicted molar refractivity (Wildman–Crippen MR) is 74.2 cm³/mol. The molecule has 1 fully saturated rings. The van der Waals surface area contributed by atoms with Crippen molar-refractivity contribution in [3.63, 3.8) is 0 Å². The lowest BCUT2D eigenvalue weighted by atomic mass is 9.81. The minimum absolute atomic E-state index is 0.516. The lowest BCUT2D eigenvalue weighted by Crippen LogP contribution is -2.38. The molecule has 1 saturated carbocycles. The maximum Gasteiger partial charge on any atom is 0.0618 e. The Bertz CT molecular complexity index is 185. The molecule has 1 N–H and O–H groups in total. The van der Waals surface area contributed by atoms with E-state index in [4.69, 9.17) is 4.74 Å². The number of methoxy groups -OCH3 is 1. The van der Waals surface area contributed by atoms with Gasteiger partial charge in [-0.15, -0.1) is 0 Å². The van der Waals surface area contributed by atoms with Crippen LogP contribution in [0.2, 0.25) is 0 Å². The summed E-state index contributed by atoms with van der Waals surface area (Å²) in [7, 11) is 1.79. The Morgan fingerprint density at radius 2 is 1.82 bits per heavy atom. The molecule has 2 nitrogen and oxygen atoms in total. The molecule has 1 aliphatic rings. The Morgan fingerprint density at radius 1 is 1.18 bits per heavy atom. The Morgan fingerprint density at radius 3 is 2.35 bits per heavy atom. The molecule has 0 spiro atoms. The third kappa shape index (κ3) is 5.87. The van der Waals surface area contributed by atoms with E-state index in [1.807, 2.05) is 0 Å². The molecule has 0 aliphatic heterocycles. The lowest BCUT2D eigenvalue weighted by Gasteiger charge is -2.27. The molecule has 0 radical (unpaired) electrons. The van der Waals surface area contributed by atoms with Gasteiger partial charge < -0.3 is 10.1 Å². The second-order valence-corrected chi connectivity index (χ2v) is 6.17. The van der Waals surface area contributed by atoms with E-state index in [1.54, 1.807) is 7.11 Å². The minimum atomic E-state index is 0.516. The molecule has 0 heterocycles. The van der Waals surface area contributed by atoms with Crippen LogP contribution in [0.1, 0.15) is 52.9 Å². The van der Waals surface area contributed by atoms with Crippen LogP contribution in [0.25, 0.3) is 0 Å². The van der Waals surface area contributed by atoms with E-state index < -0.39 is 0 Å². The third-order valence-corrected chi connectivity index (χ3v) is 4.25. The average Bonchev–Trinajstić information content (AvgIpc) is 2.30. The summed E-state index contributed by atoms with van der Waals surface area (Å²) in [6, 6.07) is 0.516. The zero-order valence-corrected chi connectivity index (χ0v) is 12.2. The Hall–Kier alpha value is -0.0800. The fraction of sp³-hybridized carbons (Fsp3) is 1.00. The van der Waals surface area contributed by atoms with Gasteiger partial charge in [0, 0.05) is 13.2 Å². The van der Waals surface area contributed by atoms with Crippen molar-refractivity contribution in [1.29, 1.82) is 0 Å². The van der Waals surface area contributed by atoms with Crippen molar-refractivity contribution in [2.24, 2.45) is 17.8 Å². The topological polar surface area (TPSA) is 21.3 Å². The number of hydrogen-bond donors (Lipinski definition) is 1. The summed E-state index contributed by atoms with van der Waals surface area (Å²) in [5.41, 5.74) is 0. The summed E-state index contributed by atoms with van der Waals surface area (Å²) in [6.45, 7) is 8.91. The van der Waals surface area contributed by atoms with E-state index in [9.17, 15) is 0 Å². The summed E-state index contributed by atoms with van der Waals surface area (Å²) in [5, 5.41) is 3.65. The molecule has 2 heteroatoms. The average molecular weight is 241 g/mol. The summed E-state index contributed by atoms with van der Waals surface area (Å²) >= 11 is 0. The highest BCUT2D eigenvalue weighted by atomic mass is 16.5. The van der Waals surface area contributed by atoms with Gasteiger partial charge in [0.05, 0.1) is 6.61 Å². The van der Waals surface area contributed by atoms with Gasteiger partial charge in [0.15, 0.2) is 0 Å². The number of nitrogens with one attached hydrogen (secondary N) is 1. The Kier molecular flexibility index (Phi) is 7.14. The maximum atomic E-state index is 5.26. The highest BCUT2D eigenvalue weighted by Crippen LogP contribution is 2.29. The van der Waals surface area contributed by atoms with Crippen LogP contribution in [0.15, 0.2) is 0 Å². The molecule has 1 unspecified atom stereocenters. The van der Waals surface area contributed by atoms with Crippen LogP contribution >= 0.6 is 0 Å². The number of ether oxygens (including phenoxy) is 1. The van der Waals surface area contributed by atoms with Gasteiger partial charge in [-0.1, -0.05) is 46.5 Å². The second kappa shape index (κ2) is 8.10. The smallest absolute Gasteiger partial charge is 0.0618 e. The molecule has 0 bridgehead atoms. The number of hydrogen-bond acceptors (Lipinski definition) is 2. The van der Waals surface area contributed by atoms with Gasteiger partial charge in [0.1, 0.15) is 0 Å². The summed E-state index contributed by atoms with van der Waals surface area (Å²) in [6.07, 6.45) is 7.12. The maximum absolute atomic E-state index is 5.26. The zero-order valence-electron chi connectivity index (χ0n) is 12.2. The first-order chi connectivity index (χ1) is 8.13. The first-order valence-corrected chi connectivity index (χ1v) is 7.35. The molecule has 17 heavy (non-hydrogen) atoms. The summed E-state index contributed by atoms with van der Waals surface area (Å²) < 4.78 is 5.26. The molecular weight excluding hydrogens is 210 g/mol. The van der Waals surface area contributed by atoms with Gasteiger partial charge in [-0.25, -0.2) is 0 Å². The molecule has 1 rings (SSSR count). The van der Waals surface area contributed by atoms with Crippen LogP contribution < -0.4 is 5.32 Å². The largest absolute Gasteiger partial charge is 0.383 e.